The van der Waals surface area contributed by atoms with Crippen molar-refractivity contribution in [1.82, 2.24) is 10.2 Å². The van der Waals surface area contributed by atoms with Crippen molar-refractivity contribution in [3.63, 3.8) is 0 Å². The monoisotopic (exact) mass is 356 g/mol. The maximum atomic E-state index is 14.2. The zero-order chi connectivity index (χ0) is 17.1. The van der Waals surface area contributed by atoms with E-state index in [9.17, 15) is 22.0 Å². The summed E-state index contributed by atoms with van der Waals surface area (Å²) in [6.45, 7) is 0.513. The van der Waals surface area contributed by atoms with E-state index in [0.29, 0.717) is 26.2 Å². The predicted octanol–water partition coefficient (Wildman–Crippen LogP) is 2.87. The molecule has 0 spiro atoms. The van der Waals surface area contributed by atoms with Crippen molar-refractivity contribution in [2.45, 2.75) is 22.4 Å². The third-order valence-electron chi connectivity index (χ3n) is 3.56. The number of nitrogens with one attached hydrogen (secondary N) is 1. The van der Waals surface area contributed by atoms with Gasteiger partial charge in [0.1, 0.15) is 12.6 Å². The first kappa shape index (κ1) is 18.4. The van der Waals surface area contributed by atoms with Crippen molar-refractivity contribution in [2.24, 2.45) is 0 Å². The van der Waals surface area contributed by atoms with Crippen molar-refractivity contribution in [3.05, 3.63) is 29.8 Å². The number of aliphatic hydroxyl groups is 1. The van der Waals surface area contributed by atoms with E-state index in [-0.39, 0.29) is 22.2 Å². The molecule has 130 valence electrons. The minimum Gasteiger partial charge on any atom is -0.390 e. The number of hydrogen-bond donors (Lipinski definition) is 2. The van der Waals surface area contributed by atoms with Gasteiger partial charge in [-0.3, -0.25) is 4.90 Å². The number of nitrogens with zero attached hydrogens (tertiary/aromatic N) is 1. The van der Waals surface area contributed by atoms with E-state index < -0.39 is 24.1 Å². The fourth-order valence-corrected chi connectivity index (χ4v) is 3.14. The number of aliphatic hydroxyl groups excluding tert-OH is 1. The summed E-state index contributed by atoms with van der Waals surface area (Å²) in [4.78, 5) is 1.48. The summed E-state index contributed by atoms with van der Waals surface area (Å²) in [7, 11) is 0. The van der Waals surface area contributed by atoms with Gasteiger partial charge in [0.15, 0.2) is 0 Å². The molecule has 0 radical (unpaired) electrons. The SMILES string of the molecule is OCC(F)(F)[C@@H](c1ccc(SC(F)(F)F)cc1)N1CCNCC1. The van der Waals surface area contributed by atoms with Crippen molar-refractivity contribution < 1.29 is 27.1 Å². The highest BCUT2D eigenvalue weighted by molar-refractivity contribution is 8.00. The molecule has 1 atom stereocenters. The summed E-state index contributed by atoms with van der Waals surface area (Å²) in [5.41, 5.74) is -4.23. The fourth-order valence-electron chi connectivity index (χ4n) is 2.60. The highest BCUT2D eigenvalue weighted by Gasteiger charge is 2.44. The average molecular weight is 356 g/mol. The normalized spacial score (nSPS) is 18.9. The van der Waals surface area contributed by atoms with Gasteiger partial charge in [0.2, 0.25) is 0 Å². The first-order valence-electron chi connectivity index (χ1n) is 7.02. The van der Waals surface area contributed by atoms with Crippen LogP contribution in [-0.4, -0.2) is 54.2 Å². The van der Waals surface area contributed by atoms with Gasteiger partial charge in [-0.15, -0.1) is 0 Å². The lowest BCUT2D eigenvalue weighted by molar-refractivity contribution is -0.118. The van der Waals surface area contributed by atoms with Gasteiger partial charge in [-0.1, -0.05) is 12.1 Å². The number of halogens is 5. The van der Waals surface area contributed by atoms with Crippen molar-refractivity contribution in [3.8, 4) is 0 Å². The Bertz CT molecular complexity index is 503. The summed E-state index contributed by atoms with van der Waals surface area (Å²) < 4.78 is 65.3. The lowest BCUT2D eigenvalue weighted by atomic mass is 9.98. The van der Waals surface area contributed by atoms with Crippen LogP contribution in [0.4, 0.5) is 22.0 Å². The molecule has 0 unspecified atom stereocenters. The van der Waals surface area contributed by atoms with Gasteiger partial charge in [0.25, 0.3) is 5.92 Å². The van der Waals surface area contributed by atoms with Gasteiger partial charge in [-0.05, 0) is 29.5 Å². The molecule has 1 saturated heterocycles. The van der Waals surface area contributed by atoms with Crippen LogP contribution in [0.15, 0.2) is 29.2 Å². The molecule has 0 amide bonds. The third kappa shape index (κ3) is 5.03. The van der Waals surface area contributed by atoms with Gasteiger partial charge in [0, 0.05) is 31.1 Å². The molecule has 1 aromatic carbocycles. The highest BCUT2D eigenvalue weighted by Crippen LogP contribution is 2.40. The van der Waals surface area contributed by atoms with E-state index in [1.165, 1.54) is 24.3 Å². The molecule has 1 aromatic rings. The van der Waals surface area contributed by atoms with Crippen LogP contribution in [-0.2, 0) is 0 Å². The molecule has 1 aliphatic heterocycles. The summed E-state index contributed by atoms with van der Waals surface area (Å²) in [6.07, 6.45) is 0. The summed E-state index contributed by atoms with van der Waals surface area (Å²) in [5, 5.41) is 12.1. The second kappa shape index (κ2) is 7.33. The Morgan fingerprint density at radius 2 is 1.65 bits per heavy atom. The number of hydrogen-bond acceptors (Lipinski definition) is 4. The quantitative estimate of drug-likeness (QED) is 0.628. The number of piperazine rings is 1. The van der Waals surface area contributed by atoms with Crippen LogP contribution in [0.2, 0.25) is 0 Å². The summed E-state index contributed by atoms with van der Waals surface area (Å²) in [5.74, 6) is -3.38. The minimum absolute atomic E-state index is 0.0624. The van der Waals surface area contributed by atoms with Crippen molar-refractivity contribution in [2.75, 3.05) is 32.8 Å². The van der Waals surface area contributed by atoms with Crippen LogP contribution < -0.4 is 5.32 Å². The standard InChI is InChI=1S/C14H17F5N2OS/c15-13(16,9-22)12(21-7-5-20-6-8-21)10-1-3-11(4-2-10)23-14(17,18)19/h1-4,12,20,22H,5-9H2/t12-/m1/s1. The van der Waals surface area contributed by atoms with Crippen molar-refractivity contribution in [1.29, 1.82) is 0 Å². The molecule has 0 bridgehead atoms. The number of thioether (sulfide) groups is 1. The lowest BCUT2D eigenvalue weighted by Crippen LogP contribution is -2.51. The largest absolute Gasteiger partial charge is 0.446 e. The molecule has 0 aliphatic carbocycles. The molecule has 3 nitrogen and oxygen atoms in total. The Balaban J connectivity index is 2.24. The van der Waals surface area contributed by atoms with Crippen LogP contribution in [0, 0.1) is 0 Å². The summed E-state index contributed by atoms with van der Waals surface area (Å²) >= 11 is -0.290. The molecule has 1 heterocycles. The smallest absolute Gasteiger partial charge is 0.390 e. The van der Waals surface area contributed by atoms with Crippen LogP contribution in [0.3, 0.4) is 0 Å². The summed E-state index contributed by atoms with van der Waals surface area (Å²) in [6, 6.07) is 3.53. The Morgan fingerprint density at radius 1 is 1.09 bits per heavy atom. The first-order valence-corrected chi connectivity index (χ1v) is 7.84. The maximum absolute atomic E-state index is 14.2. The van der Waals surface area contributed by atoms with Gasteiger partial charge >= 0.3 is 5.51 Å². The Labute approximate surface area is 134 Å². The molecule has 0 aromatic heterocycles. The van der Waals surface area contributed by atoms with Crippen molar-refractivity contribution >= 4 is 11.8 Å². The van der Waals surface area contributed by atoms with E-state index in [1.54, 1.807) is 4.90 Å². The molecule has 1 aliphatic rings. The Morgan fingerprint density at radius 3 is 2.13 bits per heavy atom. The topological polar surface area (TPSA) is 35.5 Å². The van der Waals surface area contributed by atoms with Gasteiger partial charge in [-0.2, -0.15) is 13.2 Å². The Kier molecular flexibility index (Phi) is 5.88. The van der Waals surface area contributed by atoms with E-state index in [2.05, 4.69) is 5.32 Å². The van der Waals surface area contributed by atoms with Crippen LogP contribution >= 0.6 is 11.8 Å². The van der Waals surface area contributed by atoms with Gasteiger partial charge < -0.3 is 10.4 Å². The second-order valence-electron chi connectivity index (χ2n) is 5.22. The molecular weight excluding hydrogens is 339 g/mol. The van der Waals surface area contributed by atoms with Crippen LogP contribution in [0.25, 0.3) is 0 Å². The van der Waals surface area contributed by atoms with E-state index in [1.807, 2.05) is 0 Å². The maximum Gasteiger partial charge on any atom is 0.446 e. The molecule has 23 heavy (non-hydrogen) atoms. The number of alkyl halides is 5. The molecule has 9 heteroatoms. The zero-order valence-corrected chi connectivity index (χ0v) is 12.9. The first-order chi connectivity index (χ1) is 10.7. The van der Waals surface area contributed by atoms with E-state index in [0.717, 1.165) is 0 Å². The minimum atomic E-state index is -4.42. The van der Waals surface area contributed by atoms with E-state index in [4.69, 9.17) is 5.11 Å². The predicted molar refractivity (Wildman–Crippen MR) is 77.6 cm³/mol. The van der Waals surface area contributed by atoms with Gasteiger partial charge in [-0.25, -0.2) is 8.78 Å². The molecule has 2 N–H and O–H groups in total. The van der Waals surface area contributed by atoms with Crippen LogP contribution in [0.1, 0.15) is 11.6 Å². The Hall–Kier alpha value is -0.900. The number of benzene rings is 1. The third-order valence-corrected chi connectivity index (χ3v) is 4.30. The highest BCUT2D eigenvalue weighted by atomic mass is 32.2. The molecule has 0 saturated carbocycles. The molecular formula is C14H17F5N2OS. The number of rotatable bonds is 5. The second-order valence-corrected chi connectivity index (χ2v) is 6.36. The fraction of sp³-hybridized carbons (Fsp3) is 0.571. The molecule has 2 rings (SSSR count). The molecule has 1 fully saturated rings. The average Bonchev–Trinajstić information content (AvgIpc) is 2.49. The zero-order valence-electron chi connectivity index (χ0n) is 12.1. The van der Waals surface area contributed by atoms with E-state index >= 15 is 0 Å². The van der Waals surface area contributed by atoms with Crippen LogP contribution in [0.5, 0.6) is 0 Å². The lowest BCUT2D eigenvalue weighted by Gasteiger charge is -2.38. The van der Waals surface area contributed by atoms with Gasteiger partial charge in [0.05, 0.1) is 0 Å².